The van der Waals surface area contributed by atoms with Crippen LogP contribution in [0.1, 0.15) is 48.9 Å². The number of amides is 3. The number of ether oxygens (including phenoxy) is 1. The van der Waals surface area contributed by atoms with Crippen LogP contribution in [0.2, 0.25) is 0 Å². The van der Waals surface area contributed by atoms with Crippen LogP contribution in [0.15, 0.2) is 24.3 Å². The molecule has 1 aromatic carbocycles. The number of rotatable bonds is 5. The van der Waals surface area contributed by atoms with Gasteiger partial charge >= 0.3 is 6.03 Å². The fourth-order valence-electron chi connectivity index (χ4n) is 5.49. The molecular weight excluding hydrogens is 332 g/mol. The summed E-state index contributed by atoms with van der Waals surface area (Å²) in [6.07, 6.45) is 7.78. The summed E-state index contributed by atoms with van der Waals surface area (Å²) >= 11 is 0. The highest BCUT2D eigenvalue weighted by molar-refractivity contribution is 5.95. The average molecular weight is 356 g/mol. The molecule has 0 heterocycles. The van der Waals surface area contributed by atoms with E-state index in [1.807, 2.05) is 0 Å². The first-order valence-corrected chi connectivity index (χ1v) is 9.34. The summed E-state index contributed by atoms with van der Waals surface area (Å²) in [5, 5.41) is 5.48. The molecule has 0 unspecified atom stereocenters. The monoisotopic (exact) mass is 356 g/mol. The minimum Gasteiger partial charge on any atom is -0.484 e. The number of carbonyl (C=O) groups excluding carboxylic acids is 3. The van der Waals surface area contributed by atoms with Crippen LogP contribution in [-0.2, 0) is 4.79 Å². The van der Waals surface area contributed by atoms with Gasteiger partial charge in [-0.3, -0.25) is 14.9 Å². The van der Waals surface area contributed by atoms with Crippen LogP contribution < -0.4 is 15.4 Å². The summed E-state index contributed by atoms with van der Waals surface area (Å²) in [7, 11) is 0. The summed E-state index contributed by atoms with van der Waals surface area (Å²) in [5.41, 5.74) is 0.418. The van der Waals surface area contributed by atoms with Crippen molar-refractivity contribution in [2.75, 3.05) is 6.61 Å². The summed E-state index contributed by atoms with van der Waals surface area (Å²) < 4.78 is 5.35. The molecule has 0 atom stereocenters. The molecule has 4 bridgehead atoms. The van der Waals surface area contributed by atoms with Gasteiger partial charge in [-0.25, -0.2) is 4.79 Å². The third-order valence-electron chi connectivity index (χ3n) is 6.06. The molecule has 0 radical (unpaired) electrons. The first kappa shape index (κ1) is 17.1. The maximum Gasteiger partial charge on any atom is 0.321 e. The Balaban J connectivity index is 1.26. The van der Waals surface area contributed by atoms with E-state index in [4.69, 9.17) is 4.74 Å². The Morgan fingerprint density at radius 2 is 1.62 bits per heavy atom. The third-order valence-corrected chi connectivity index (χ3v) is 6.06. The molecular formula is C20H24N2O4. The molecule has 1 aromatic rings. The molecule has 4 fully saturated rings. The zero-order chi connectivity index (χ0) is 18.1. The van der Waals surface area contributed by atoms with Crippen LogP contribution in [0.25, 0.3) is 0 Å². The third kappa shape index (κ3) is 3.59. The number of hydrogen-bond acceptors (Lipinski definition) is 4. The quantitative estimate of drug-likeness (QED) is 0.795. The lowest BCUT2D eigenvalue weighted by Gasteiger charge is -2.56. The second-order valence-corrected chi connectivity index (χ2v) is 8.18. The number of urea groups is 1. The molecule has 5 rings (SSSR count). The number of hydrogen-bond donors (Lipinski definition) is 2. The smallest absolute Gasteiger partial charge is 0.321 e. The highest BCUT2D eigenvalue weighted by Gasteiger charge is 2.51. The van der Waals surface area contributed by atoms with Crippen LogP contribution in [0, 0.1) is 17.8 Å². The molecule has 4 aliphatic rings. The van der Waals surface area contributed by atoms with Crippen LogP contribution in [0.3, 0.4) is 0 Å². The Labute approximate surface area is 152 Å². The summed E-state index contributed by atoms with van der Waals surface area (Å²) in [6.45, 7) is -0.241. The van der Waals surface area contributed by atoms with Crippen LogP contribution >= 0.6 is 0 Å². The molecule has 0 aliphatic heterocycles. The van der Waals surface area contributed by atoms with Gasteiger partial charge < -0.3 is 10.1 Å². The first-order valence-electron chi connectivity index (χ1n) is 9.34. The second kappa shape index (κ2) is 6.74. The van der Waals surface area contributed by atoms with E-state index in [1.165, 1.54) is 19.3 Å². The van der Waals surface area contributed by atoms with Crippen molar-refractivity contribution in [1.29, 1.82) is 0 Å². The van der Waals surface area contributed by atoms with E-state index in [1.54, 1.807) is 24.3 Å². The van der Waals surface area contributed by atoms with Crippen molar-refractivity contribution in [3.8, 4) is 5.75 Å². The van der Waals surface area contributed by atoms with Crippen molar-refractivity contribution in [3.63, 3.8) is 0 Å². The van der Waals surface area contributed by atoms with E-state index in [9.17, 15) is 14.4 Å². The predicted molar refractivity (Wildman–Crippen MR) is 94.9 cm³/mol. The average Bonchev–Trinajstić information content (AvgIpc) is 2.58. The normalized spacial score (nSPS) is 31.3. The first-order chi connectivity index (χ1) is 12.5. The number of imide groups is 1. The summed E-state index contributed by atoms with van der Waals surface area (Å²) in [6, 6.07) is 6.04. The van der Waals surface area contributed by atoms with Crippen LogP contribution in [-0.4, -0.2) is 30.4 Å². The minimum atomic E-state index is -0.480. The van der Waals surface area contributed by atoms with E-state index in [0.29, 0.717) is 11.3 Å². The van der Waals surface area contributed by atoms with Gasteiger partial charge in [-0.1, -0.05) is 0 Å². The van der Waals surface area contributed by atoms with Gasteiger partial charge in [0.15, 0.2) is 6.61 Å². The highest BCUT2D eigenvalue weighted by Crippen LogP contribution is 2.55. The summed E-state index contributed by atoms with van der Waals surface area (Å²) in [4.78, 5) is 34.9. The number of carbonyl (C=O) groups is 3. The van der Waals surface area contributed by atoms with Gasteiger partial charge in [0.05, 0.1) is 0 Å². The standard InChI is InChI=1S/C20H24N2O4/c23-11-13-1-3-17(4-2-13)26-12-18(24)21-19(25)22-20-8-14-5-15(9-20)7-16(6-14)10-20/h1-4,11,14-16H,5-10,12H2,(H2,21,22,24,25). The topological polar surface area (TPSA) is 84.5 Å². The number of benzene rings is 1. The van der Waals surface area contributed by atoms with Gasteiger partial charge in [0, 0.05) is 11.1 Å². The van der Waals surface area contributed by atoms with Crippen molar-refractivity contribution < 1.29 is 19.1 Å². The molecule has 26 heavy (non-hydrogen) atoms. The SMILES string of the molecule is O=Cc1ccc(OCC(=O)NC(=O)NC23CC4CC(CC(C4)C2)C3)cc1. The molecule has 4 saturated carbocycles. The molecule has 3 amide bonds. The Morgan fingerprint density at radius 1 is 1.04 bits per heavy atom. The Morgan fingerprint density at radius 3 is 2.15 bits per heavy atom. The molecule has 0 spiro atoms. The van der Waals surface area contributed by atoms with Crippen LogP contribution in [0.5, 0.6) is 5.75 Å². The highest BCUT2D eigenvalue weighted by atomic mass is 16.5. The molecule has 6 nitrogen and oxygen atoms in total. The van der Waals surface area contributed by atoms with Crippen molar-refractivity contribution in [1.82, 2.24) is 10.6 Å². The second-order valence-electron chi connectivity index (χ2n) is 8.18. The van der Waals surface area contributed by atoms with Gasteiger partial charge in [-0.15, -0.1) is 0 Å². The molecule has 2 N–H and O–H groups in total. The number of aldehydes is 1. The Hall–Kier alpha value is -2.37. The predicted octanol–water partition coefficient (Wildman–Crippen LogP) is 2.67. The molecule has 4 aliphatic carbocycles. The van der Waals surface area contributed by atoms with E-state index >= 15 is 0 Å². The van der Waals surface area contributed by atoms with Gasteiger partial charge in [0.1, 0.15) is 12.0 Å². The van der Waals surface area contributed by atoms with E-state index in [2.05, 4.69) is 10.6 Å². The molecule has 0 saturated heterocycles. The van der Waals surface area contributed by atoms with Crippen molar-refractivity contribution in [2.24, 2.45) is 17.8 Å². The zero-order valence-corrected chi connectivity index (χ0v) is 14.7. The van der Waals surface area contributed by atoms with Gasteiger partial charge in [0.25, 0.3) is 5.91 Å². The van der Waals surface area contributed by atoms with Gasteiger partial charge in [0.2, 0.25) is 0 Å². The largest absolute Gasteiger partial charge is 0.484 e. The maximum atomic E-state index is 12.3. The molecule has 138 valence electrons. The molecule has 6 heteroatoms. The van der Waals surface area contributed by atoms with Crippen molar-refractivity contribution in [3.05, 3.63) is 29.8 Å². The fraction of sp³-hybridized carbons (Fsp3) is 0.550. The lowest BCUT2D eigenvalue weighted by Crippen LogP contribution is -2.62. The number of nitrogens with one attached hydrogen (secondary N) is 2. The zero-order valence-electron chi connectivity index (χ0n) is 14.7. The van der Waals surface area contributed by atoms with E-state index in [-0.39, 0.29) is 12.1 Å². The fourth-order valence-corrected chi connectivity index (χ4v) is 5.49. The minimum absolute atomic E-state index is 0.120. The maximum absolute atomic E-state index is 12.3. The van der Waals surface area contributed by atoms with E-state index in [0.717, 1.165) is 43.3 Å². The van der Waals surface area contributed by atoms with Crippen LogP contribution in [0.4, 0.5) is 4.79 Å². The van der Waals surface area contributed by atoms with Crippen molar-refractivity contribution >= 4 is 18.2 Å². The molecule has 0 aromatic heterocycles. The summed E-state index contributed by atoms with van der Waals surface area (Å²) in [5.74, 6) is 2.19. The van der Waals surface area contributed by atoms with Gasteiger partial charge in [-0.2, -0.15) is 0 Å². The lowest BCUT2D eigenvalue weighted by atomic mass is 9.53. The Kier molecular flexibility index (Phi) is 4.42. The van der Waals surface area contributed by atoms with Gasteiger partial charge in [-0.05, 0) is 80.5 Å². The van der Waals surface area contributed by atoms with E-state index < -0.39 is 11.9 Å². The van der Waals surface area contributed by atoms with Crippen molar-refractivity contribution in [2.45, 2.75) is 44.1 Å². The lowest BCUT2D eigenvalue weighted by molar-refractivity contribution is -0.122. The Bertz CT molecular complexity index is 678.